The van der Waals surface area contributed by atoms with Crippen LogP contribution in [-0.4, -0.2) is 26.0 Å². The molecule has 0 aromatic heterocycles. The van der Waals surface area contributed by atoms with E-state index in [0.717, 1.165) is 5.56 Å². The first-order valence-corrected chi connectivity index (χ1v) is 7.13. The lowest BCUT2D eigenvalue weighted by Gasteiger charge is -2.31. The van der Waals surface area contributed by atoms with Crippen LogP contribution in [0.1, 0.15) is 43.1 Å². The number of Topliss-reactive ketones (excluding diaryl/α,β-unsaturated/α-hetero) is 1. The summed E-state index contributed by atoms with van der Waals surface area (Å²) in [5.74, 6) is 0.0520. The molecule has 0 bridgehead atoms. The van der Waals surface area contributed by atoms with Gasteiger partial charge in [-0.1, -0.05) is 32.9 Å². The van der Waals surface area contributed by atoms with E-state index < -0.39 is 0 Å². The van der Waals surface area contributed by atoms with Crippen LogP contribution in [0, 0.1) is 11.8 Å². The van der Waals surface area contributed by atoms with Crippen LogP contribution >= 0.6 is 0 Å². The van der Waals surface area contributed by atoms with Crippen molar-refractivity contribution in [2.45, 2.75) is 32.6 Å². The minimum Gasteiger partial charge on any atom is -0.496 e. The van der Waals surface area contributed by atoms with Gasteiger partial charge < -0.3 is 9.47 Å². The molecular formula is C17H22O4. The third-order valence-electron chi connectivity index (χ3n) is 4.53. The maximum atomic E-state index is 12.9. The molecule has 0 fully saturated rings. The normalized spacial score (nSPS) is 20.8. The van der Waals surface area contributed by atoms with Crippen LogP contribution in [0.25, 0.3) is 0 Å². The average Bonchev–Trinajstić information content (AvgIpc) is 2.65. The summed E-state index contributed by atoms with van der Waals surface area (Å²) < 4.78 is 10.1. The molecule has 1 aromatic rings. The van der Waals surface area contributed by atoms with Crippen molar-refractivity contribution in [3.63, 3.8) is 0 Å². The van der Waals surface area contributed by atoms with E-state index in [1.54, 1.807) is 13.2 Å². The molecule has 21 heavy (non-hydrogen) atoms. The molecule has 0 saturated carbocycles. The molecule has 2 rings (SSSR count). The van der Waals surface area contributed by atoms with Gasteiger partial charge in [-0.15, -0.1) is 0 Å². The monoisotopic (exact) mass is 290 g/mol. The smallest absolute Gasteiger partial charge is 0.305 e. The van der Waals surface area contributed by atoms with Crippen molar-refractivity contribution in [1.29, 1.82) is 0 Å². The van der Waals surface area contributed by atoms with E-state index in [2.05, 4.69) is 13.8 Å². The molecule has 0 radical (unpaired) electrons. The number of carbonyl (C=O) groups is 2. The fourth-order valence-corrected chi connectivity index (χ4v) is 3.58. The molecule has 0 N–H and O–H groups in total. The number of hydrogen-bond donors (Lipinski definition) is 0. The van der Waals surface area contributed by atoms with Gasteiger partial charge in [-0.05, 0) is 17.5 Å². The van der Waals surface area contributed by atoms with Gasteiger partial charge in [0.05, 0.1) is 19.8 Å². The predicted molar refractivity (Wildman–Crippen MR) is 79.6 cm³/mol. The summed E-state index contributed by atoms with van der Waals surface area (Å²) in [7, 11) is 2.94. The van der Waals surface area contributed by atoms with Crippen molar-refractivity contribution < 1.29 is 19.1 Å². The van der Waals surface area contributed by atoms with Crippen molar-refractivity contribution in [1.82, 2.24) is 0 Å². The van der Waals surface area contributed by atoms with Crippen molar-refractivity contribution >= 4 is 11.8 Å². The summed E-state index contributed by atoms with van der Waals surface area (Å²) in [6.45, 7) is 6.03. The Bertz CT molecular complexity index is 574. The van der Waals surface area contributed by atoms with Crippen LogP contribution in [0.5, 0.6) is 5.75 Å². The van der Waals surface area contributed by atoms with E-state index in [9.17, 15) is 9.59 Å². The van der Waals surface area contributed by atoms with E-state index in [1.165, 1.54) is 7.11 Å². The third kappa shape index (κ3) is 2.43. The zero-order valence-corrected chi connectivity index (χ0v) is 13.2. The van der Waals surface area contributed by atoms with Crippen LogP contribution < -0.4 is 4.74 Å². The SMILES string of the molecule is COC(=O)CC(C)C1C(=O)c2c(OC)cccc2C1(C)C. The third-order valence-corrected chi connectivity index (χ3v) is 4.53. The molecule has 0 saturated heterocycles. The highest BCUT2D eigenvalue weighted by Gasteiger charge is 2.49. The summed E-state index contributed by atoms with van der Waals surface area (Å²) in [6.07, 6.45) is 0.243. The molecule has 0 aliphatic heterocycles. The molecule has 0 heterocycles. The molecule has 4 heteroatoms. The Morgan fingerprint density at radius 3 is 2.57 bits per heavy atom. The summed E-state index contributed by atoms with van der Waals surface area (Å²) in [5, 5.41) is 0. The van der Waals surface area contributed by atoms with E-state index >= 15 is 0 Å². The zero-order chi connectivity index (χ0) is 15.8. The first-order chi connectivity index (χ1) is 9.84. The van der Waals surface area contributed by atoms with Gasteiger partial charge in [0.2, 0.25) is 0 Å². The number of benzene rings is 1. The molecule has 2 atom stereocenters. The Labute approximate surface area is 125 Å². The quantitative estimate of drug-likeness (QED) is 0.800. The van der Waals surface area contributed by atoms with Gasteiger partial charge in [-0.25, -0.2) is 0 Å². The van der Waals surface area contributed by atoms with Gasteiger partial charge in [0.15, 0.2) is 5.78 Å². The summed E-state index contributed by atoms with van der Waals surface area (Å²) in [5.41, 5.74) is 1.33. The van der Waals surface area contributed by atoms with Crippen LogP contribution in [0.15, 0.2) is 18.2 Å². The highest BCUT2D eigenvalue weighted by Crippen LogP contribution is 2.49. The van der Waals surface area contributed by atoms with Crippen LogP contribution in [0.4, 0.5) is 0 Å². The lowest BCUT2D eigenvalue weighted by Crippen LogP contribution is -2.33. The fourth-order valence-electron chi connectivity index (χ4n) is 3.58. The minimum atomic E-state index is -0.325. The highest BCUT2D eigenvalue weighted by molar-refractivity contribution is 6.06. The highest BCUT2D eigenvalue weighted by atomic mass is 16.5. The summed E-state index contributed by atoms with van der Waals surface area (Å²) >= 11 is 0. The van der Waals surface area contributed by atoms with Gasteiger partial charge in [-0.2, -0.15) is 0 Å². The minimum absolute atomic E-state index is 0.0591. The molecule has 0 spiro atoms. The molecule has 1 aromatic carbocycles. The van der Waals surface area contributed by atoms with Crippen molar-refractivity contribution in [2.24, 2.45) is 11.8 Å². The molecule has 114 valence electrons. The lowest BCUT2D eigenvalue weighted by molar-refractivity contribution is -0.141. The van der Waals surface area contributed by atoms with E-state index in [-0.39, 0.29) is 35.4 Å². The van der Waals surface area contributed by atoms with Crippen molar-refractivity contribution in [2.75, 3.05) is 14.2 Å². The lowest BCUT2D eigenvalue weighted by atomic mass is 9.71. The number of ether oxygens (including phenoxy) is 2. The summed E-state index contributed by atoms with van der Waals surface area (Å²) in [4.78, 5) is 24.4. The van der Waals surface area contributed by atoms with Crippen molar-refractivity contribution in [3.8, 4) is 5.75 Å². The zero-order valence-electron chi connectivity index (χ0n) is 13.2. The number of hydrogen-bond acceptors (Lipinski definition) is 4. The second-order valence-corrected chi connectivity index (χ2v) is 6.20. The fraction of sp³-hybridized carbons (Fsp3) is 0.529. The number of carbonyl (C=O) groups excluding carboxylic acids is 2. The van der Waals surface area contributed by atoms with Crippen LogP contribution in [-0.2, 0) is 14.9 Å². The first-order valence-electron chi connectivity index (χ1n) is 7.13. The number of rotatable bonds is 4. The standard InChI is InChI=1S/C17H22O4/c1-10(9-13(18)21-5)15-16(19)14-11(17(15,2)3)7-6-8-12(14)20-4/h6-8,10,15H,9H2,1-5H3. The van der Waals surface area contributed by atoms with E-state index in [4.69, 9.17) is 9.47 Å². The molecule has 0 amide bonds. The maximum absolute atomic E-state index is 12.9. The van der Waals surface area contributed by atoms with E-state index in [1.807, 2.05) is 19.1 Å². The Morgan fingerprint density at radius 2 is 2.00 bits per heavy atom. The Balaban J connectivity index is 2.43. The number of fused-ring (bicyclic) bond motifs is 1. The van der Waals surface area contributed by atoms with Gasteiger partial charge >= 0.3 is 5.97 Å². The molecule has 1 aliphatic rings. The second kappa shape index (κ2) is 5.51. The van der Waals surface area contributed by atoms with Gasteiger partial charge in [0.25, 0.3) is 0 Å². The number of ketones is 1. The topological polar surface area (TPSA) is 52.6 Å². The van der Waals surface area contributed by atoms with E-state index in [0.29, 0.717) is 11.3 Å². The van der Waals surface area contributed by atoms with Gasteiger partial charge in [0.1, 0.15) is 5.75 Å². The van der Waals surface area contributed by atoms with Gasteiger partial charge in [-0.3, -0.25) is 9.59 Å². The Hall–Kier alpha value is -1.84. The number of esters is 1. The maximum Gasteiger partial charge on any atom is 0.305 e. The second-order valence-electron chi connectivity index (χ2n) is 6.20. The molecule has 2 unspecified atom stereocenters. The predicted octanol–water partition coefficient (Wildman–Crippen LogP) is 2.98. The summed E-state index contributed by atoms with van der Waals surface area (Å²) in [6, 6.07) is 5.68. The van der Waals surface area contributed by atoms with Crippen LogP contribution in [0.2, 0.25) is 0 Å². The Kier molecular flexibility index (Phi) is 4.08. The van der Waals surface area contributed by atoms with Crippen LogP contribution in [0.3, 0.4) is 0 Å². The molecular weight excluding hydrogens is 268 g/mol. The molecule has 1 aliphatic carbocycles. The first kappa shape index (κ1) is 15.5. The number of methoxy groups -OCH3 is 2. The largest absolute Gasteiger partial charge is 0.496 e. The van der Waals surface area contributed by atoms with Gasteiger partial charge in [0, 0.05) is 17.8 Å². The Morgan fingerprint density at radius 1 is 1.33 bits per heavy atom. The van der Waals surface area contributed by atoms with Crippen molar-refractivity contribution in [3.05, 3.63) is 29.3 Å². The average molecular weight is 290 g/mol. The molecule has 4 nitrogen and oxygen atoms in total.